The van der Waals surface area contributed by atoms with Gasteiger partial charge in [-0.2, -0.15) is 4.98 Å². The normalized spacial score (nSPS) is 10.5. The van der Waals surface area contributed by atoms with Gasteiger partial charge in [-0.05, 0) is 17.5 Å². The van der Waals surface area contributed by atoms with Gasteiger partial charge >= 0.3 is 0 Å². The summed E-state index contributed by atoms with van der Waals surface area (Å²) in [5.41, 5.74) is 7.46. The van der Waals surface area contributed by atoms with Gasteiger partial charge in [0, 0.05) is 6.54 Å². The SMILES string of the molecule is CCCCNc1nc(N)ncc1OCc1cccc(CO)c1. The Morgan fingerprint density at radius 3 is 2.91 bits per heavy atom. The average molecular weight is 302 g/mol. The van der Waals surface area contributed by atoms with Crippen molar-refractivity contribution < 1.29 is 9.84 Å². The predicted molar refractivity (Wildman–Crippen MR) is 86.5 cm³/mol. The number of aliphatic hydroxyl groups is 1. The molecule has 1 heterocycles. The van der Waals surface area contributed by atoms with Crippen molar-refractivity contribution in [2.75, 3.05) is 17.6 Å². The maximum absolute atomic E-state index is 9.16. The van der Waals surface area contributed by atoms with E-state index in [0.717, 1.165) is 30.5 Å². The van der Waals surface area contributed by atoms with E-state index in [9.17, 15) is 0 Å². The molecule has 0 aliphatic heterocycles. The average Bonchev–Trinajstić information content (AvgIpc) is 2.54. The van der Waals surface area contributed by atoms with Crippen LogP contribution in [0.5, 0.6) is 5.75 Å². The molecule has 2 rings (SSSR count). The van der Waals surface area contributed by atoms with Gasteiger partial charge in [-0.25, -0.2) is 4.98 Å². The summed E-state index contributed by atoms with van der Waals surface area (Å²) < 4.78 is 5.78. The van der Waals surface area contributed by atoms with Crippen molar-refractivity contribution in [3.8, 4) is 5.75 Å². The van der Waals surface area contributed by atoms with Crippen LogP contribution < -0.4 is 15.8 Å². The van der Waals surface area contributed by atoms with E-state index in [1.54, 1.807) is 6.20 Å². The van der Waals surface area contributed by atoms with Crippen LogP contribution in [0.4, 0.5) is 11.8 Å². The number of hydrogen-bond donors (Lipinski definition) is 3. The van der Waals surface area contributed by atoms with Crippen molar-refractivity contribution in [2.45, 2.75) is 33.0 Å². The van der Waals surface area contributed by atoms with Crippen LogP contribution >= 0.6 is 0 Å². The van der Waals surface area contributed by atoms with Crippen LogP contribution in [0.3, 0.4) is 0 Å². The Morgan fingerprint density at radius 1 is 1.32 bits per heavy atom. The summed E-state index contributed by atoms with van der Waals surface area (Å²) in [7, 11) is 0. The number of benzene rings is 1. The molecule has 118 valence electrons. The van der Waals surface area contributed by atoms with E-state index >= 15 is 0 Å². The van der Waals surface area contributed by atoms with Gasteiger partial charge < -0.3 is 20.9 Å². The van der Waals surface area contributed by atoms with Crippen LogP contribution in [0.1, 0.15) is 30.9 Å². The second-order valence-electron chi connectivity index (χ2n) is 4.99. The molecule has 4 N–H and O–H groups in total. The molecule has 1 aromatic carbocycles. The van der Waals surface area contributed by atoms with E-state index in [-0.39, 0.29) is 12.6 Å². The highest BCUT2D eigenvalue weighted by Crippen LogP contribution is 2.23. The van der Waals surface area contributed by atoms with E-state index in [1.807, 2.05) is 24.3 Å². The second kappa shape index (κ2) is 8.19. The smallest absolute Gasteiger partial charge is 0.222 e. The first-order valence-corrected chi connectivity index (χ1v) is 7.40. The molecule has 0 saturated carbocycles. The lowest BCUT2D eigenvalue weighted by atomic mass is 10.1. The zero-order chi connectivity index (χ0) is 15.8. The Labute approximate surface area is 130 Å². The van der Waals surface area contributed by atoms with Crippen LogP contribution in [-0.2, 0) is 13.2 Å². The zero-order valence-electron chi connectivity index (χ0n) is 12.7. The third kappa shape index (κ3) is 4.60. The van der Waals surface area contributed by atoms with Crippen molar-refractivity contribution in [1.82, 2.24) is 9.97 Å². The molecule has 0 unspecified atom stereocenters. The lowest BCUT2D eigenvalue weighted by Crippen LogP contribution is -2.08. The molecule has 0 saturated heterocycles. The monoisotopic (exact) mass is 302 g/mol. The third-order valence-corrected chi connectivity index (χ3v) is 3.16. The second-order valence-corrected chi connectivity index (χ2v) is 4.99. The number of nitrogens with zero attached hydrogens (tertiary/aromatic N) is 2. The van der Waals surface area contributed by atoms with Gasteiger partial charge in [0.2, 0.25) is 5.95 Å². The molecule has 6 nitrogen and oxygen atoms in total. The number of nitrogens with one attached hydrogen (secondary N) is 1. The maximum atomic E-state index is 9.16. The van der Waals surface area contributed by atoms with Crippen LogP contribution in [0.2, 0.25) is 0 Å². The molecule has 0 atom stereocenters. The third-order valence-electron chi connectivity index (χ3n) is 3.16. The number of nitrogen functional groups attached to an aromatic ring is 1. The van der Waals surface area contributed by atoms with Gasteiger partial charge in [0.05, 0.1) is 12.8 Å². The van der Waals surface area contributed by atoms with Gasteiger partial charge in [0.1, 0.15) is 6.61 Å². The summed E-state index contributed by atoms with van der Waals surface area (Å²) in [4.78, 5) is 8.16. The molecule has 0 spiro atoms. The highest BCUT2D eigenvalue weighted by atomic mass is 16.5. The number of unbranched alkanes of at least 4 members (excludes halogenated alkanes) is 1. The van der Waals surface area contributed by atoms with Crippen molar-refractivity contribution in [3.63, 3.8) is 0 Å². The summed E-state index contributed by atoms with van der Waals surface area (Å²) in [6.45, 7) is 3.33. The van der Waals surface area contributed by atoms with Gasteiger partial charge in [0.15, 0.2) is 11.6 Å². The lowest BCUT2D eigenvalue weighted by Gasteiger charge is -2.12. The molecule has 0 radical (unpaired) electrons. The van der Waals surface area contributed by atoms with E-state index in [0.29, 0.717) is 18.2 Å². The van der Waals surface area contributed by atoms with Gasteiger partial charge in [-0.15, -0.1) is 0 Å². The van der Waals surface area contributed by atoms with Crippen molar-refractivity contribution >= 4 is 11.8 Å². The maximum Gasteiger partial charge on any atom is 0.222 e. The topological polar surface area (TPSA) is 93.3 Å². The summed E-state index contributed by atoms with van der Waals surface area (Å²) in [5, 5.41) is 12.4. The highest BCUT2D eigenvalue weighted by Gasteiger charge is 2.07. The van der Waals surface area contributed by atoms with E-state index < -0.39 is 0 Å². The predicted octanol–water partition coefficient (Wildman–Crippen LogP) is 2.34. The van der Waals surface area contributed by atoms with Crippen molar-refractivity contribution in [3.05, 3.63) is 41.6 Å². The van der Waals surface area contributed by atoms with Crippen molar-refractivity contribution in [2.24, 2.45) is 0 Å². The fourth-order valence-corrected chi connectivity index (χ4v) is 1.98. The first-order chi connectivity index (χ1) is 10.7. The molecule has 0 aliphatic carbocycles. The minimum Gasteiger partial charge on any atom is -0.483 e. The Hall–Kier alpha value is -2.34. The lowest BCUT2D eigenvalue weighted by molar-refractivity contribution is 0.280. The number of ether oxygens (including phenoxy) is 1. The van der Waals surface area contributed by atoms with Gasteiger partial charge in [0.25, 0.3) is 0 Å². The summed E-state index contributed by atoms with van der Waals surface area (Å²) >= 11 is 0. The molecular weight excluding hydrogens is 280 g/mol. The number of nitrogens with two attached hydrogens (primary N) is 1. The van der Waals surface area contributed by atoms with E-state index in [2.05, 4.69) is 22.2 Å². The molecule has 0 amide bonds. The van der Waals surface area contributed by atoms with E-state index in [4.69, 9.17) is 15.6 Å². The fourth-order valence-electron chi connectivity index (χ4n) is 1.98. The van der Waals surface area contributed by atoms with Crippen LogP contribution in [0.15, 0.2) is 30.5 Å². The Morgan fingerprint density at radius 2 is 2.14 bits per heavy atom. The number of anilines is 2. The van der Waals surface area contributed by atoms with Gasteiger partial charge in [-0.1, -0.05) is 37.6 Å². The van der Waals surface area contributed by atoms with Crippen LogP contribution in [0, 0.1) is 0 Å². The molecule has 22 heavy (non-hydrogen) atoms. The first-order valence-electron chi connectivity index (χ1n) is 7.40. The highest BCUT2D eigenvalue weighted by molar-refractivity contribution is 5.51. The molecule has 0 fully saturated rings. The first kappa shape index (κ1) is 16.0. The molecule has 1 aromatic heterocycles. The minimum absolute atomic E-state index is 0.0165. The number of hydrogen-bond acceptors (Lipinski definition) is 6. The fraction of sp³-hybridized carbons (Fsp3) is 0.375. The molecule has 0 aliphatic rings. The van der Waals surface area contributed by atoms with E-state index in [1.165, 1.54) is 0 Å². The number of aliphatic hydroxyl groups excluding tert-OH is 1. The minimum atomic E-state index is 0.0165. The molecular formula is C16H22N4O2. The van der Waals surface area contributed by atoms with Crippen molar-refractivity contribution in [1.29, 1.82) is 0 Å². The Balaban J connectivity index is 2.04. The quantitative estimate of drug-likeness (QED) is 0.648. The Kier molecular flexibility index (Phi) is 5.97. The van der Waals surface area contributed by atoms with Gasteiger partial charge in [-0.3, -0.25) is 0 Å². The van der Waals surface area contributed by atoms with Crippen LogP contribution in [0.25, 0.3) is 0 Å². The number of rotatable bonds is 8. The van der Waals surface area contributed by atoms with Crippen LogP contribution in [-0.4, -0.2) is 21.6 Å². The summed E-state index contributed by atoms with van der Waals surface area (Å²) in [6.07, 6.45) is 3.71. The number of aromatic nitrogens is 2. The molecule has 2 aromatic rings. The standard InChI is InChI=1S/C16H22N4O2/c1-2-3-7-18-15-14(9-19-16(17)20-15)22-11-13-6-4-5-12(8-13)10-21/h4-6,8-9,21H,2-3,7,10-11H2,1H3,(H3,17,18,19,20). The molecule has 6 heteroatoms. The summed E-state index contributed by atoms with van der Waals surface area (Å²) in [6, 6.07) is 7.61. The summed E-state index contributed by atoms with van der Waals surface area (Å²) in [5.74, 6) is 1.40. The molecule has 0 bridgehead atoms. The largest absolute Gasteiger partial charge is 0.483 e. The Bertz CT molecular complexity index is 604. The zero-order valence-corrected chi connectivity index (χ0v) is 12.7.